The van der Waals surface area contributed by atoms with Gasteiger partial charge >= 0.3 is 0 Å². The molecular weight excluding hydrogens is 240 g/mol. The molecule has 84 valence electrons. The molecule has 2 rings (SSSR count). The van der Waals surface area contributed by atoms with Crippen LogP contribution < -0.4 is 0 Å². The molecule has 0 fully saturated rings. The van der Waals surface area contributed by atoms with Gasteiger partial charge in [0.1, 0.15) is 6.10 Å². The van der Waals surface area contributed by atoms with Crippen LogP contribution in [0.1, 0.15) is 27.7 Å². The fourth-order valence-electron chi connectivity index (χ4n) is 1.73. The third kappa shape index (κ3) is 2.01. The number of rotatable bonds is 2. The average Bonchev–Trinajstić information content (AvgIpc) is 2.68. The van der Waals surface area contributed by atoms with Crippen LogP contribution >= 0.6 is 22.9 Å². The summed E-state index contributed by atoms with van der Waals surface area (Å²) in [4.78, 5) is 1.13. The first-order chi connectivity index (χ1) is 7.61. The maximum Gasteiger partial charge on any atom is 0.107 e. The van der Waals surface area contributed by atoms with Crippen LogP contribution in [0.15, 0.2) is 29.6 Å². The van der Waals surface area contributed by atoms with Crippen molar-refractivity contribution in [1.29, 1.82) is 0 Å². The van der Waals surface area contributed by atoms with Gasteiger partial charge in [-0.2, -0.15) is 0 Å². The van der Waals surface area contributed by atoms with Crippen LogP contribution in [0.4, 0.5) is 0 Å². The SMILES string of the molecule is Cc1cccc(C(O)c2ccsc2C)c1Cl. The summed E-state index contributed by atoms with van der Waals surface area (Å²) < 4.78 is 0. The van der Waals surface area contributed by atoms with Crippen molar-refractivity contribution in [3.05, 3.63) is 56.2 Å². The topological polar surface area (TPSA) is 20.2 Å². The lowest BCUT2D eigenvalue weighted by Gasteiger charge is -2.14. The molecule has 1 nitrogen and oxygen atoms in total. The Labute approximate surface area is 104 Å². The molecule has 1 N–H and O–H groups in total. The van der Waals surface area contributed by atoms with E-state index in [0.29, 0.717) is 5.02 Å². The molecule has 2 aromatic rings. The van der Waals surface area contributed by atoms with Crippen LogP contribution in [0.5, 0.6) is 0 Å². The van der Waals surface area contributed by atoms with Gasteiger partial charge in [-0.25, -0.2) is 0 Å². The zero-order valence-electron chi connectivity index (χ0n) is 9.20. The molecule has 1 heterocycles. The lowest BCUT2D eigenvalue weighted by Crippen LogP contribution is -2.01. The van der Waals surface area contributed by atoms with Gasteiger partial charge in [0.25, 0.3) is 0 Å². The zero-order valence-corrected chi connectivity index (χ0v) is 10.8. The Balaban J connectivity index is 2.46. The molecule has 1 atom stereocenters. The van der Waals surface area contributed by atoms with Crippen molar-refractivity contribution >= 4 is 22.9 Å². The maximum atomic E-state index is 10.3. The van der Waals surface area contributed by atoms with E-state index in [0.717, 1.165) is 21.6 Å². The van der Waals surface area contributed by atoms with Gasteiger partial charge in [0.2, 0.25) is 0 Å². The molecule has 0 spiro atoms. The minimum Gasteiger partial charge on any atom is -0.384 e. The minimum absolute atomic E-state index is 0.626. The van der Waals surface area contributed by atoms with E-state index in [1.807, 2.05) is 43.5 Å². The van der Waals surface area contributed by atoms with Gasteiger partial charge in [0.15, 0.2) is 0 Å². The van der Waals surface area contributed by atoms with E-state index >= 15 is 0 Å². The summed E-state index contributed by atoms with van der Waals surface area (Å²) in [5.41, 5.74) is 2.71. The molecule has 0 radical (unpaired) electrons. The summed E-state index contributed by atoms with van der Waals surface area (Å²) in [6.07, 6.45) is -0.626. The monoisotopic (exact) mass is 252 g/mol. The number of hydrogen-bond acceptors (Lipinski definition) is 2. The average molecular weight is 253 g/mol. The Morgan fingerprint density at radius 2 is 1.94 bits per heavy atom. The molecule has 3 heteroatoms. The molecule has 1 aromatic carbocycles. The van der Waals surface area contributed by atoms with E-state index in [9.17, 15) is 5.11 Å². The standard InChI is InChI=1S/C13H13ClOS/c1-8-4-3-5-11(12(8)14)13(15)10-6-7-16-9(10)2/h3-7,13,15H,1-2H3. The zero-order chi connectivity index (χ0) is 11.7. The van der Waals surface area contributed by atoms with E-state index in [1.54, 1.807) is 11.3 Å². The summed E-state index contributed by atoms with van der Waals surface area (Å²) in [5, 5.41) is 12.9. The maximum absolute atomic E-state index is 10.3. The molecule has 0 aliphatic heterocycles. The molecule has 1 aromatic heterocycles. The predicted octanol–water partition coefficient (Wildman–Crippen LogP) is 4.10. The third-order valence-electron chi connectivity index (χ3n) is 2.71. The summed E-state index contributed by atoms with van der Waals surface area (Å²) in [7, 11) is 0. The Bertz CT molecular complexity index is 504. The van der Waals surface area contributed by atoms with Crippen LogP contribution in [0.25, 0.3) is 0 Å². The van der Waals surface area contributed by atoms with Gasteiger partial charge in [-0.15, -0.1) is 11.3 Å². The highest BCUT2D eigenvalue weighted by atomic mass is 35.5. The van der Waals surface area contributed by atoms with Gasteiger partial charge < -0.3 is 5.11 Å². The van der Waals surface area contributed by atoms with Crippen molar-refractivity contribution in [2.45, 2.75) is 20.0 Å². The number of aryl methyl sites for hydroxylation is 2. The van der Waals surface area contributed by atoms with E-state index in [-0.39, 0.29) is 0 Å². The summed E-state index contributed by atoms with van der Waals surface area (Å²) in [5.74, 6) is 0. The first-order valence-electron chi connectivity index (χ1n) is 5.08. The largest absolute Gasteiger partial charge is 0.384 e. The lowest BCUT2D eigenvalue weighted by molar-refractivity contribution is 0.220. The second-order valence-corrected chi connectivity index (χ2v) is 5.31. The molecule has 1 unspecified atom stereocenters. The first-order valence-corrected chi connectivity index (χ1v) is 6.34. The molecule has 0 amide bonds. The number of halogens is 1. The van der Waals surface area contributed by atoms with Crippen LogP contribution in [-0.2, 0) is 0 Å². The number of benzene rings is 1. The summed E-state index contributed by atoms with van der Waals surface area (Å²) in [6, 6.07) is 7.68. The smallest absolute Gasteiger partial charge is 0.107 e. The molecule has 0 bridgehead atoms. The van der Waals surface area contributed by atoms with Crippen molar-refractivity contribution < 1.29 is 5.11 Å². The summed E-state index contributed by atoms with van der Waals surface area (Å²) in [6.45, 7) is 3.95. The van der Waals surface area contributed by atoms with Crippen LogP contribution in [0, 0.1) is 13.8 Å². The fraction of sp³-hybridized carbons (Fsp3) is 0.231. The highest BCUT2D eigenvalue weighted by molar-refractivity contribution is 7.10. The van der Waals surface area contributed by atoms with Gasteiger partial charge in [-0.1, -0.05) is 29.8 Å². The quantitative estimate of drug-likeness (QED) is 0.853. The van der Waals surface area contributed by atoms with Crippen molar-refractivity contribution in [3.63, 3.8) is 0 Å². The second kappa shape index (κ2) is 4.58. The molecule has 16 heavy (non-hydrogen) atoms. The van der Waals surface area contributed by atoms with Crippen LogP contribution in [-0.4, -0.2) is 5.11 Å². The highest BCUT2D eigenvalue weighted by Crippen LogP contribution is 2.33. The highest BCUT2D eigenvalue weighted by Gasteiger charge is 2.17. The van der Waals surface area contributed by atoms with E-state index in [1.165, 1.54) is 0 Å². The summed E-state index contributed by atoms with van der Waals surface area (Å²) >= 11 is 7.84. The van der Waals surface area contributed by atoms with Crippen LogP contribution in [0.2, 0.25) is 5.02 Å². The van der Waals surface area contributed by atoms with E-state index < -0.39 is 6.10 Å². The van der Waals surface area contributed by atoms with Crippen molar-refractivity contribution in [3.8, 4) is 0 Å². The Hall–Kier alpha value is -0.830. The van der Waals surface area contributed by atoms with Gasteiger partial charge in [0, 0.05) is 15.5 Å². The van der Waals surface area contributed by atoms with Gasteiger partial charge in [0.05, 0.1) is 0 Å². The molecule has 0 saturated heterocycles. The third-order valence-corrected chi connectivity index (χ3v) is 4.09. The fourth-order valence-corrected chi connectivity index (χ4v) is 2.69. The lowest BCUT2D eigenvalue weighted by atomic mass is 10.0. The first kappa shape index (κ1) is 11.6. The van der Waals surface area contributed by atoms with Crippen LogP contribution in [0.3, 0.4) is 0 Å². The number of thiophene rings is 1. The molecule has 0 saturated carbocycles. The predicted molar refractivity (Wildman–Crippen MR) is 69.3 cm³/mol. The van der Waals surface area contributed by atoms with Gasteiger partial charge in [-0.05, 0) is 36.4 Å². The van der Waals surface area contributed by atoms with Gasteiger partial charge in [-0.3, -0.25) is 0 Å². The van der Waals surface area contributed by atoms with Crippen molar-refractivity contribution in [2.24, 2.45) is 0 Å². The normalized spacial score (nSPS) is 12.8. The minimum atomic E-state index is -0.626. The number of aliphatic hydroxyl groups is 1. The Kier molecular flexibility index (Phi) is 3.33. The van der Waals surface area contributed by atoms with Crippen molar-refractivity contribution in [2.75, 3.05) is 0 Å². The van der Waals surface area contributed by atoms with Crippen molar-refractivity contribution in [1.82, 2.24) is 0 Å². The molecule has 0 aliphatic carbocycles. The Morgan fingerprint density at radius 3 is 2.56 bits per heavy atom. The second-order valence-electron chi connectivity index (χ2n) is 3.81. The molecular formula is C13H13ClOS. The Morgan fingerprint density at radius 1 is 1.19 bits per heavy atom. The van der Waals surface area contributed by atoms with E-state index in [4.69, 9.17) is 11.6 Å². The van der Waals surface area contributed by atoms with E-state index in [2.05, 4.69) is 0 Å². The molecule has 0 aliphatic rings. The number of aliphatic hydroxyl groups excluding tert-OH is 1. The number of hydrogen-bond donors (Lipinski definition) is 1.